The molecule has 1 rings (SSSR count). The van der Waals surface area contributed by atoms with E-state index in [0.717, 1.165) is 12.0 Å². The molecule has 0 saturated heterocycles. The summed E-state index contributed by atoms with van der Waals surface area (Å²) < 4.78 is 22.0. The number of ketones is 1. The van der Waals surface area contributed by atoms with Crippen LogP contribution < -0.4 is 0 Å². The standard InChI is InChI=1S/C11H18O3S/c1-11(2)7-9(6-10(12)8-11)4-5-15(3,13)14/h6H,4-5,7-8H2,1-3H3. The summed E-state index contributed by atoms with van der Waals surface area (Å²) in [6.07, 6.45) is 4.73. The minimum atomic E-state index is -2.93. The van der Waals surface area contributed by atoms with Crippen molar-refractivity contribution in [2.75, 3.05) is 12.0 Å². The molecule has 0 spiro atoms. The molecule has 0 heterocycles. The minimum absolute atomic E-state index is 0.0152. The zero-order chi connectivity index (χ0) is 11.7. The third kappa shape index (κ3) is 4.60. The normalized spacial score (nSPS) is 21.3. The molecule has 0 fully saturated rings. The van der Waals surface area contributed by atoms with Gasteiger partial charge in [-0.2, -0.15) is 0 Å². The number of rotatable bonds is 3. The first-order chi connectivity index (χ1) is 6.68. The molecule has 0 aromatic rings. The summed E-state index contributed by atoms with van der Waals surface area (Å²) in [4.78, 5) is 11.4. The van der Waals surface area contributed by atoms with Gasteiger partial charge in [0, 0.05) is 12.7 Å². The van der Waals surface area contributed by atoms with E-state index in [0.29, 0.717) is 12.8 Å². The van der Waals surface area contributed by atoms with Crippen LogP contribution >= 0.6 is 0 Å². The SMILES string of the molecule is CC1(C)CC(=O)C=C(CCS(C)(=O)=O)C1. The Balaban J connectivity index is 2.67. The molecule has 0 radical (unpaired) electrons. The first-order valence-electron chi connectivity index (χ1n) is 5.08. The molecule has 0 saturated carbocycles. The number of carbonyl (C=O) groups excluding carboxylic acids is 1. The summed E-state index contributed by atoms with van der Waals surface area (Å²) >= 11 is 0. The van der Waals surface area contributed by atoms with Gasteiger partial charge in [-0.05, 0) is 24.3 Å². The maximum atomic E-state index is 11.4. The van der Waals surface area contributed by atoms with E-state index in [1.165, 1.54) is 6.26 Å². The fraction of sp³-hybridized carbons (Fsp3) is 0.727. The van der Waals surface area contributed by atoms with Gasteiger partial charge in [-0.15, -0.1) is 0 Å². The Hall–Kier alpha value is -0.640. The molecule has 0 atom stereocenters. The molecule has 0 unspecified atom stereocenters. The lowest BCUT2D eigenvalue weighted by Gasteiger charge is -2.28. The van der Waals surface area contributed by atoms with Gasteiger partial charge in [0.15, 0.2) is 5.78 Å². The molecule has 0 aromatic heterocycles. The summed E-state index contributed by atoms with van der Waals surface area (Å²) in [5.41, 5.74) is 0.959. The molecule has 0 aliphatic heterocycles. The van der Waals surface area contributed by atoms with E-state index in [2.05, 4.69) is 0 Å². The van der Waals surface area contributed by atoms with Crippen molar-refractivity contribution >= 4 is 15.6 Å². The van der Waals surface area contributed by atoms with Crippen LogP contribution in [-0.2, 0) is 14.6 Å². The highest BCUT2D eigenvalue weighted by Crippen LogP contribution is 2.34. The Kier molecular flexibility index (Phi) is 3.38. The van der Waals surface area contributed by atoms with Gasteiger partial charge >= 0.3 is 0 Å². The van der Waals surface area contributed by atoms with Gasteiger partial charge in [-0.3, -0.25) is 4.79 Å². The smallest absolute Gasteiger partial charge is 0.156 e. The van der Waals surface area contributed by atoms with Gasteiger partial charge in [-0.25, -0.2) is 8.42 Å². The molecule has 0 amide bonds. The van der Waals surface area contributed by atoms with Crippen molar-refractivity contribution in [3.05, 3.63) is 11.6 Å². The second-order valence-electron chi connectivity index (χ2n) is 5.17. The Morgan fingerprint density at radius 2 is 1.93 bits per heavy atom. The predicted molar refractivity (Wildman–Crippen MR) is 60.4 cm³/mol. The van der Waals surface area contributed by atoms with Gasteiger partial charge in [0.05, 0.1) is 5.75 Å². The van der Waals surface area contributed by atoms with Crippen LogP contribution in [0, 0.1) is 5.41 Å². The fourth-order valence-corrected chi connectivity index (χ4v) is 2.59. The third-order valence-electron chi connectivity index (χ3n) is 2.52. The van der Waals surface area contributed by atoms with Crippen molar-refractivity contribution in [3.63, 3.8) is 0 Å². The van der Waals surface area contributed by atoms with Gasteiger partial charge in [0.25, 0.3) is 0 Å². The number of carbonyl (C=O) groups is 1. The molecule has 15 heavy (non-hydrogen) atoms. The summed E-state index contributed by atoms with van der Waals surface area (Å²) in [6, 6.07) is 0. The van der Waals surface area contributed by atoms with Crippen LogP contribution in [0.3, 0.4) is 0 Å². The predicted octanol–water partition coefficient (Wildman–Crippen LogP) is 1.74. The number of sulfone groups is 1. The quantitative estimate of drug-likeness (QED) is 0.742. The van der Waals surface area contributed by atoms with Crippen molar-refractivity contribution in [3.8, 4) is 0 Å². The van der Waals surface area contributed by atoms with E-state index in [1.807, 2.05) is 13.8 Å². The second kappa shape index (κ2) is 4.08. The molecule has 1 aliphatic rings. The highest BCUT2D eigenvalue weighted by atomic mass is 32.2. The molecule has 3 nitrogen and oxygen atoms in total. The first-order valence-corrected chi connectivity index (χ1v) is 7.14. The molecular weight excluding hydrogens is 212 g/mol. The Labute approximate surface area is 91.5 Å². The molecular formula is C11H18O3S. The lowest BCUT2D eigenvalue weighted by Crippen LogP contribution is -2.22. The van der Waals surface area contributed by atoms with Gasteiger partial charge < -0.3 is 0 Å². The zero-order valence-corrected chi connectivity index (χ0v) is 10.4. The first kappa shape index (κ1) is 12.4. The molecule has 0 bridgehead atoms. The number of hydrogen-bond acceptors (Lipinski definition) is 3. The van der Waals surface area contributed by atoms with Crippen molar-refractivity contribution in [1.29, 1.82) is 0 Å². The van der Waals surface area contributed by atoms with Crippen LogP contribution in [0.25, 0.3) is 0 Å². The van der Waals surface area contributed by atoms with E-state index in [9.17, 15) is 13.2 Å². The van der Waals surface area contributed by atoms with Crippen molar-refractivity contribution in [2.24, 2.45) is 5.41 Å². The average Bonchev–Trinajstić information content (AvgIpc) is 1.95. The molecule has 1 aliphatic carbocycles. The molecule has 0 aromatic carbocycles. The summed E-state index contributed by atoms with van der Waals surface area (Å²) in [6.45, 7) is 4.08. The van der Waals surface area contributed by atoms with E-state index in [-0.39, 0.29) is 17.0 Å². The Bertz CT molecular complexity index is 388. The monoisotopic (exact) mass is 230 g/mol. The van der Waals surface area contributed by atoms with Gasteiger partial charge in [0.2, 0.25) is 0 Å². The van der Waals surface area contributed by atoms with E-state index >= 15 is 0 Å². The van der Waals surface area contributed by atoms with E-state index < -0.39 is 9.84 Å². The zero-order valence-electron chi connectivity index (χ0n) is 9.54. The van der Waals surface area contributed by atoms with Crippen molar-refractivity contribution < 1.29 is 13.2 Å². The topological polar surface area (TPSA) is 51.2 Å². The summed E-state index contributed by atoms with van der Waals surface area (Å²) in [5, 5.41) is 0. The lowest BCUT2D eigenvalue weighted by molar-refractivity contribution is -0.117. The maximum absolute atomic E-state index is 11.4. The van der Waals surface area contributed by atoms with Crippen LogP contribution in [0.15, 0.2) is 11.6 Å². The fourth-order valence-electron chi connectivity index (χ4n) is 1.96. The van der Waals surface area contributed by atoms with Gasteiger partial charge in [0.1, 0.15) is 9.84 Å². The molecule has 86 valence electrons. The molecule has 0 N–H and O–H groups in total. The Morgan fingerprint density at radius 1 is 1.33 bits per heavy atom. The van der Waals surface area contributed by atoms with Crippen LogP contribution in [0.1, 0.15) is 33.1 Å². The van der Waals surface area contributed by atoms with Crippen LogP contribution in [0.2, 0.25) is 0 Å². The highest BCUT2D eigenvalue weighted by Gasteiger charge is 2.27. The van der Waals surface area contributed by atoms with Gasteiger partial charge in [-0.1, -0.05) is 19.4 Å². The van der Waals surface area contributed by atoms with Crippen LogP contribution in [0.4, 0.5) is 0 Å². The highest BCUT2D eigenvalue weighted by molar-refractivity contribution is 7.90. The number of hydrogen-bond donors (Lipinski definition) is 0. The summed E-state index contributed by atoms with van der Waals surface area (Å²) in [7, 11) is -2.93. The van der Waals surface area contributed by atoms with E-state index in [4.69, 9.17) is 0 Å². The maximum Gasteiger partial charge on any atom is 0.156 e. The lowest BCUT2D eigenvalue weighted by atomic mass is 9.76. The second-order valence-corrected chi connectivity index (χ2v) is 7.43. The third-order valence-corrected chi connectivity index (χ3v) is 3.46. The van der Waals surface area contributed by atoms with Crippen LogP contribution in [-0.4, -0.2) is 26.2 Å². The average molecular weight is 230 g/mol. The Morgan fingerprint density at radius 3 is 2.40 bits per heavy atom. The molecule has 4 heteroatoms. The largest absolute Gasteiger partial charge is 0.295 e. The summed E-state index contributed by atoms with van der Waals surface area (Å²) in [5.74, 6) is 0.261. The van der Waals surface area contributed by atoms with Crippen molar-refractivity contribution in [1.82, 2.24) is 0 Å². The van der Waals surface area contributed by atoms with E-state index in [1.54, 1.807) is 6.08 Å². The van der Waals surface area contributed by atoms with Crippen molar-refractivity contribution in [2.45, 2.75) is 33.1 Å². The van der Waals surface area contributed by atoms with Crippen LogP contribution in [0.5, 0.6) is 0 Å². The number of allylic oxidation sites excluding steroid dienone is 2. The minimum Gasteiger partial charge on any atom is -0.295 e.